The Labute approximate surface area is 75.7 Å². The minimum absolute atomic E-state index is 0.0370. The lowest BCUT2D eigenvalue weighted by Crippen LogP contribution is -2.42. The van der Waals surface area contributed by atoms with Gasteiger partial charge in [0.15, 0.2) is 5.78 Å². The fraction of sp³-hybridized carbons (Fsp3) is 0.900. The lowest BCUT2D eigenvalue weighted by Gasteiger charge is -2.24. The highest BCUT2D eigenvalue weighted by molar-refractivity contribution is 5.88. The average Bonchev–Trinajstić information content (AvgIpc) is 1.97. The van der Waals surface area contributed by atoms with Crippen LogP contribution in [0.15, 0.2) is 0 Å². The van der Waals surface area contributed by atoms with Gasteiger partial charge >= 0.3 is 0 Å². The zero-order valence-electron chi connectivity index (χ0n) is 8.90. The highest BCUT2D eigenvalue weighted by atomic mass is 16.1. The van der Waals surface area contributed by atoms with Crippen molar-refractivity contribution in [3.63, 3.8) is 0 Å². The Hall–Kier alpha value is -0.370. The molecule has 0 saturated carbocycles. The molecule has 1 N–H and O–H groups in total. The first-order valence-corrected chi connectivity index (χ1v) is 4.71. The lowest BCUT2D eigenvalue weighted by molar-refractivity contribution is -0.128. The van der Waals surface area contributed by atoms with Crippen molar-refractivity contribution in [3.05, 3.63) is 0 Å². The van der Waals surface area contributed by atoms with E-state index < -0.39 is 0 Å². The molecule has 0 fully saturated rings. The van der Waals surface area contributed by atoms with E-state index in [0.29, 0.717) is 5.78 Å². The summed E-state index contributed by atoms with van der Waals surface area (Å²) in [5, 5.41) is 3.19. The van der Waals surface area contributed by atoms with Gasteiger partial charge in [-0.1, -0.05) is 34.6 Å². The summed E-state index contributed by atoms with van der Waals surface area (Å²) in [6.07, 6.45) is 0.879. The number of ketones is 1. The molecule has 0 aromatic carbocycles. The summed E-state index contributed by atoms with van der Waals surface area (Å²) in [4.78, 5) is 11.7. The third-order valence-corrected chi connectivity index (χ3v) is 1.91. The monoisotopic (exact) mass is 171 g/mol. The van der Waals surface area contributed by atoms with E-state index in [2.05, 4.69) is 5.32 Å². The van der Waals surface area contributed by atoms with Crippen LogP contribution in [0.2, 0.25) is 0 Å². The summed E-state index contributed by atoms with van der Waals surface area (Å²) in [5.74, 6) is 0.312. The van der Waals surface area contributed by atoms with E-state index in [1.54, 1.807) is 0 Å². The van der Waals surface area contributed by atoms with Gasteiger partial charge in [-0.15, -0.1) is 0 Å². The van der Waals surface area contributed by atoms with Crippen LogP contribution < -0.4 is 5.32 Å². The second-order valence-corrected chi connectivity index (χ2v) is 4.13. The number of likely N-dealkylation sites (N-methyl/N-ethyl adjacent to an activating group) is 1. The van der Waals surface area contributed by atoms with Gasteiger partial charge in [0.1, 0.15) is 0 Å². The van der Waals surface area contributed by atoms with Gasteiger partial charge in [-0.05, 0) is 13.0 Å². The standard InChI is InChI=1S/C10H21NO/c1-6-8(11-7-2)9(12)10(3,4)5/h8,11H,6-7H2,1-5H3/t8-/m0/s1. The Morgan fingerprint density at radius 1 is 1.33 bits per heavy atom. The number of carbonyl (C=O) groups is 1. The predicted octanol–water partition coefficient (Wildman–Crippen LogP) is 1.99. The first kappa shape index (κ1) is 11.6. The molecule has 0 rings (SSSR count). The molecule has 1 atom stereocenters. The van der Waals surface area contributed by atoms with Crippen molar-refractivity contribution in [1.82, 2.24) is 5.32 Å². The van der Waals surface area contributed by atoms with Crippen LogP contribution in [0.4, 0.5) is 0 Å². The fourth-order valence-corrected chi connectivity index (χ4v) is 1.19. The first-order chi connectivity index (χ1) is 5.43. The highest BCUT2D eigenvalue weighted by Crippen LogP contribution is 2.17. The van der Waals surface area contributed by atoms with Gasteiger partial charge < -0.3 is 5.32 Å². The van der Waals surface area contributed by atoms with E-state index in [1.165, 1.54) is 0 Å². The highest BCUT2D eigenvalue weighted by Gasteiger charge is 2.27. The number of carbonyl (C=O) groups excluding carboxylic acids is 1. The third-order valence-electron chi connectivity index (χ3n) is 1.91. The molecule has 0 amide bonds. The summed E-state index contributed by atoms with van der Waals surface area (Å²) in [5.41, 5.74) is -0.219. The topological polar surface area (TPSA) is 29.1 Å². The summed E-state index contributed by atoms with van der Waals surface area (Å²) >= 11 is 0. The Morgan fingerprint density at radius 3 is 2.08 bits per heavy atom. The van der Waals surface area contributed by atoms with Crippen molar-refractivity contribution in [2.75, 3.05) is 6.54 Å². The Morgan fingerprint density at radius 2 is 1.83 bits per heavy atom. The molecule has 0 spiro atoms. The maximum Gasteiger partial charge on any atom is 0.155 e. The Balaban J connectivity index is 4.22. The van der Waals surface area contributed by atoms with Crippen molar-refractivity contribution in [1.29, 1.82) is 0 Å². The number of nitrogens with one attached hydrogen (secondary N) is 1. The summed E-state index contributed by atoms with van der Waals surface area (Å²) in [6, 6.07) is 0.0370. The SMILES string of the molecule is CCN[C@@H](CC)C(=O)C(C)(C)C. The van der Waals surface area contributed by atoms with Gasteiger partial charge in [0.2, 0.25) is 0 Å². The van der Waals surface area contributed by atoms with Gasteiger partial charge in [-0.3, -0.25) is 4.79 Å². The normalized spacial score (nSPS) is 14.4. The van der Waals surface area contributed by atoms with Crippen molar-refractivity contribution >= 4 is 5.78 Å². The molecule has 0 aromatic heterocycles. The summed E-state index contributed by atoms with van der Waals surface area (Å²) in [6.45, 7) is 10.8. The van der Waals surface area contributed by atoms with Crippen LogP contribution in [0, 0.1) is 5.41 Å². The number of rotatable bonds is 4. The molecular weight excluding hydrogens is 150 g/mol. The van der Waals surface area contributed by atoms with Crippen LogP contribution in [-0.4, -0.2) is 18.4 Å². The average molecular weight is 171 g/mol. The van der Waals surface area contributed by atoms with Crippen molar-refractivity contribution in [2.24, 2.45) is 5.41 Å². The van der Waals surface area contributed by atoms with Crippen molar-refractivity contribution in [2.45, 2.75) is 47.1 Å². The molecule has 2 heteroatoms. The molecule has 0 aromatic rings. The molecule has 0 unspecified atom stereocenters. The quantitative estimate of drug-likeness (QED) is 0.701. The third kappa shape index (κ3) is 3.35. The van der Waals surface area contributed by atoms with E-state index in [4.69, 9.17) is 0 Å². The van der Waals surface area contributed by atoms with E-state index >= 15 is 0 Å². The molecule has 0 aliphatic heterocycles. The molecule has 0 bridgehead atoms. The Kier molecular flexibility index (Phi) is 4.46. The number of Topliss-reactive ketones (excluding diaryl/α,β-unsaturated/α-hetero) is 1. The molecule has 12 heavy (non-hydrogen) atoms. The molecular formula is C10H21NO. The van der Waals surface area contributed by atoms with Crippen molar-refractivity contribution < 1.29 is 4.79 Å². The van der Waals surface area contributed by atoms with E-state index in [1.807, 2.05) is 34.6 Å². The molecule has 0 heterocycles. The predicted molar refractivity (Wildman–Crippen MR) is 52.2 cm³/mol. The smallest absolute Gasteiger partial charge is 0.155 e. The van der Waals surface area contributed by atoms with Crippen LogP contribution >= 0.6 is 0 Å². The summed E-state index contributed by atoms with van der Waals surface area (Å²) in [7, 11) is 0. The van der Waals surface area contributed by atoms with Crippen LogP contribution in [0.1, 0.15) is 41.0 Å². The number of hydrogen-bond acceptors (Lipinski definition) is 2. The molecule has 72 valence electrons. The first-order valence-electron chi connectivity index (χ1n) is 4.71. The lowest BCUT2D eigenvalue weighted by atomic mass is 9.85. The molecule has 0 aliphatic carbocycles. The second-order valence-electron chi connectivity index (χ2n) is 4.13. The van der Waals surface area contributed by atoms with Gasteiger partial charge in [0.25, 0.3) is 0 Å². The zero-order chi connectivity index (χ0) is 9.78. The van der Waals surface area contributed by atoms with Crippen LogP contribution in [0.5, 0.6) is 0 Å². The largest absolute Gasteiger partial charge is 0.308 e. The van der Waals surface area contributed by atoms with Crippen LogP contribution in [0.25, 0.3) is 0 Å². The van der Waals surface area contributed by atoms with E-state index in [9.17, 15) is 4.79 Å². The molecule has 0 radical (unpaired) electrons. The molecule has 0 saturated heterocycles. The fourth-order valence-electron chi connectivity index (χ4n) is 1.19. The van der Waals surface area contributed by atoms with Crippen LogP contribution in [-0.2, 0) is 4.79 Å². The minimum atomic E-state index is -0.219. The number of hydrogen-bond donors (Lipinski definition) is 1. The van der Waals surface area contributed by atoms with Gasteiger partial charge in [0, 0.05) is 5.41 Å². The molecule has 0 aliphatic rings. The molecule has 2 nitrogen and oxygen atoms in total. The van der Waals surface area contributed by atoms with Crippen molar-refractivity contribution in [3.8, 4) is 0 Å². The van der Waals surface area contributed by atoms with Crippen LogP contribution in [0.3, 0.4) is 0 Å². The summed E-state index contributed by atoms with van der Waals surface area (Å²) < 4.78 is 0. The van der Waals surface area contributed by atoms with E-state index in [0.717, 1.165) is 13.0 Å². The maximum atomic E-state index is 11.7. The van der Waals surface area contributed by atoms with Gasteiger partial charge in [-0.2, -0.15) is 0 Å². The zero-order valence-corrected chi connectivity index (χ0v) is 8.90. The van der Waals surface area contributed by atoms with Gasteiger partial charge in [0.05, 0.1) is 6.04 Å². The minimum Gasteiger partial charge on any atom is -0.308 e. The Bertz CT molecular complexity index is 146. The maximum absolute atomic E-state index is 11.7. The second kappa shape index (κ2) is 4.61. The van der Waals surface area contributed by atoms with Gasteiger partial charge in [-0.25, -0.2) is 0 Å². The van der Waals surface area contributed by atoms with E-state index in [-0.39, 0.29) is 11.5 Å².